The van der Waals surface area contributed by atoms with Gasteiger partial charge in [0.05, 0.1) is 5.69 Å². The van der Waals surface area contributed by atoms with Gasteiger partial charge in [0.15, 0.2) is 0 Å². The van der Waals surface area contributed by atoms with Gasteiger partial charge in [-0.3, -0.25) is 5.43 Å². The highest BCUT2D eigenvalue weighted by Crippen LogP contribution is 2.22. The SMILES string of the molecule is N#CC(C#N)=NNc1ccc2cc(Br)ccc2c1. The van der Waals surface area contributed by atoms with Gasteiger partial charge in [0, 0.05) is 4.47 Å². The lowest BCUT2D eigenvalue weighted by Gasteiger charge is -2.03. The Hall–Kier alpha value is -2.37. The van der Waals surface area contributed by atoms with Crippen molar-refractivity contribution in [3.63, 3.8) is 0 Å². The molecular formula is C13H7BrN4. The number of hydrazone groups is 1. The maximum atomic E-state index is 8.56. The Labute approximate surface area is 112 Å². The summed E-state index contributed by atoms with van der Waals surface area (Å²) in [6, 6.07) is 15.0. The zero-order chi connectivity index (χ0) is 13.0. The summed E-state index contributed by atoms with van der Waals surface area (Å²) in [5, 5.41) is 23.0. The maximum Gasteiger partial charge on any atom is 0.237 e. The lowest BCUT2D eigenvalue weighted by atomic mass is 10.1. The molecule has 0 saturated carbocycles. The third-order valence-corrected chi connectivity index (χ3v) is 2.80. The fourth-order valence-corrected chi connectivity index (χ4v) is 1.86. The van der Waals surface area contributed by atoms with Crippen LogP contribution in [0.3, 0.4) is 0 Å². The van der Waals surface area contributed by atoms with Crippen LogP contribution in [-0.2, 0) is 0 Å². The minimum Gasteiger partial charge on any atom is -0.276 e. The van der Waals surface area contributed by atoms with Crippen LogP contribution in [-0.4, -0.2) is 5.71 Å². The number of rotatable bonds is 2. The largest absolute Gasteiger partial charge is 0.276 e. The van der Waals surface area contributed by atoms with Crippen LogP contribution in [0.2, 0.25) is 0 Å². The average Bonchev–Trinajstić information content (AvgIpc) is 2.40. The molecule has 0 spiro atoms. The third-order valence-electron chi connectivity index (χ3n) is 2.31. The number of nitrogens with one attached hydrogen (secondary N) is 1. The summed E-state index contributed by atoms with van der Waals surface area (Å²) in [5.74, 6) is 0. The molecule has 0 aliphatic carbocycles. The van der Waals surface area contributed by atoms with E-state index in [-0.39, 0.29) is 5.71 Å². The van der Waals surface area contributed by atoms with Crippen molar-refractivity contribution in [3.05, 3.63) is 40.9 Å². The summed E-state index contributed by atoms with van der Waals surface area (Å²) in [6.07, 6.45) is 0. The number of anilines is 1. The van der Waals surface area contributed by atoms with Crippen molar-refractivity contribution in [3.8, 4) is 12.1 Å². The van der Waals surface area contributed by atoms with Gasteiger partial charge in [-0.15, -0.1) is 0 Å². The van der Waals surface area contributed by atoms with Gasteiger partial charge in [0.25, 0.3) is 0 Å². The molecule has 0 aliphatic rings. The molecular weight excluding hydrogens is 292 g/mol. The number of fused-ring (bicyclic) bond motifs is 1. The normalized spacial score (nSPS) is 9.28. The molecule has 0 heterocycles. The Bertz CT molecular complexity index is 691. The van der Waals surface area contributed by atoms with Crippen LogP contribution in [0.25, 0.3) is 10.8 Å². The molecule has 0 fully saturated rings. The first-order valence-electron chi connectivity index (χ1n) is 5.06. The minimum atomic E-state index is -0.203. The van der Waals surface area contributed by atoms with Gasteiger partial charge < -0.3 is 0 Å². The van der Waals surface area contributed by atoms with Crippen molar-refractivity contribution in [2.24, 2.45) is 5.10 Å². The molecule has 0 aliphatic heterocycles. The molecule has 0 radical (unpaired) electrons. The Morgan fingerprint density at radius 1 is 1.06 bits per heavy atom. The van der Waals surface area contributed by atoms with Crippen molar-refractivity contribution < 1.29 is 0 Å². The van der Waals surface area contributed by atoms with E-state index < -0.39 is 0 Å². The summed E-state index contributed by atoms with van der Waals surface area (Å²) >= 11 is 3.41. The van der Waals surface area contributed by atoms with Crippen molar-refractivity contribution in [2.45, 2.75) is 0 Å². The van der Waals surface area contributed by atoms with Crippen molar-refractivity contribution in [1.82, 2.24) is 0 Å². The van der Waals surface area contributed by atoms with Crippen LogP contribution in [0, 0.1) is 22.7 Å². The second-order valence-electron chi connectivity index (χ2n) is 3.50. The highest BCUT2D eigenvalue weighted by molar-refractivity contribution is 9.10. The molecule has 0 atom stereocenters. The molecule has 0 saturated heterocycles. The fourth-order valence-electron chi connectivity index (χ4n) is 1.48. The van der Waals surface area contributed by atoms with Gasteiger partial charge in [-0.05, 0) is 35.0 Å². The maximum absolute atomic E-state index is 8.56. The average molecular weight is 299 g/mol. The van der Waals surface area contributed by atoms with Crippen LogP contribution in [0.15, 0.2) is 46.0 Å². The van der Waals surface area contributed by atoms with Crippen LogP contribution in [0.5, 0.6) is 0 Å². The minimum absolute atomic E-state index is 0.203. The molecule has 2 rings (SSSR count). The fraction of sp³-hybridized carbons (Fsp3) is 0. The molecule has 0 aromatic heterocycles. The summed E-state index contributed by atoms with van der Waals surface area (Å²) in [5.41, 5.74) is 3.21. The van der Waals surface area contributed by atoms with Gasteiger partial charge in [0.2, 0.25) is 5.71 Å². The predicted molar refractivity (Wildman–Crippen MR) is 73.9 cm³/mol. The number of hydrogen-bond acceptors (Lipinski definition) is 4. The van der Waals surface area contributed by atoms with Gasteiger partial charge in [-0.25, -0.2) is 0 Å². The van der Waals surface area contributed by atoms with E-state index >= 15 is 0 Å². The molecule has 0 unspecified atom stereocenters. The molecule has 86 valence electrons. The van der Waals surface area contributed by atoms with Crippen molar-refractivity contribution in [1.29, 1.82) is 10.5 Å². The van der Waals surface area contributed by atoms with Crippen molar-refractivity contribution in [2.75, 3.05) is 5.43 Å². The number of nitrogens with zero attached hydrogens (tertiary/aromatic N) is 3. The molecule has 0 amide bonds. The van der Waals surface area contributed by atoms with Crippen LogP contribution in [0.1, 0.15) is 0 Å². The second kappa shape index (κ2) is 5.31. The van der Waals surface area contributed by atoms with E-state index in [1.807, 2.05) is 36.4 Å². The number of hydrogen-bond donors (Lipinski definition) is 1. The summed E-state index contributed by atoms with van der Waals surface area (Å²) in [6.45, 7) is 0. The smallest absolute Gasteiger partial charge is 0.237 e. The Morgan fingerprint density at radius 3 is 2.44 bits per heavy atom. The zero-order valence-corrected chi connectivity index (χ0v) is 10.8. The molecule has 2 aromatic carbocycles. The zero-order valence-electron chi connectivity index (χ0n) is 9.18. The van der Waals surface area contributed by atoms with E-state index in [2.05, 4.69) is 26.5 Å². The third kappa shape index (κ3) is 2.65. The Morgan fingerprint density at radius 2 is 1.72 bits per heavy atom. The number of nitriles is 2. The molecule has 5 heteroatoms. The lowest BCUT2D eigenvalue weighted by Crippen LogP contribution is -1.96. The van der Waals surface area contributed by atoms with Gasteiger partial charge in [0.1, 0.15) is 12.1 Å². The van der Waals surface area contributed by atoms with Crippen LogP contribution >= 0.6 is 15.9 Å². The van der Waals surface area contributed by atoms with Crippen molar-refractivity contribution >= 4 is 38.1 Å². The molecule has 2 aromatic rings. The van der Waals surface area contributed by atoms with Gasteiger partial charge in [-0.2, -0.15) is 15.6 Å². The number of halogens is 1. The monoisotopic (exact) mass is 298 g/mol. The first kappa shape index (κ1) is 12.1. The summed E-state index contributed by atoms with van der Waals surface area (Å²) < 4.78 is 1.02. The quantitative estimate of drug-likeness (QED) is 0.682. The first-order valence-corrected chi connectivity index (χ1v) is 5.85. The molecule has 0 bridgehead atoms. The molecule has 18 heavy (non-hydrogen) atoms. The Kier molecular flexibility index (Phi) is 3.57. The predicted octanol–water partition coefficient (Wildman–Crippen LogP) is 3.42. The van der Waals surface area contributed by atoms with Gasteiger partial charge in [-0.1, -0.05) is 28.1 Å². The van der Waals surface area contributed by atoms with E-state index in [4.69, 9.17) is 10.5 Å². The van der Waals surface area contributed by atoms with Gasteiger partial charge >= 0.3 is 0 Å². The number of benzene rings is 2. The van der Waals surface area contributed by atoms with E-state index in [1.54, 1.807) is 12.1 Å². The summed E-state index contributed by atoms with van der Waals surface area (Å²) in [4.78, 5) is 0. The Balaban J connectivity index is 2.32. The van der Waals surface area contributed by atoms with E-state index in [0.29, 0.717) is 0 Å². The second-order valence-corrected chi connectivity index (χ2v) is 4.42. The molecule has 4 nitrogen and oxygen atoms in total. The summed E-state index contributed by atoms with van der Waals surface area (Å²) in [7, 11) is 0. The highest BCUT2D eigenvalue weighted by atomic mass is 79.9. The first-order chi connectivity index (χ1) is 8.72. The van der Waals surface area contributed by atoms with Crippen LogP contribution < -0.4 is 5.43 Å². The van der Waals surface area contributed by atoms with Crippen LogP contribution in [0.4, 0.5) is 5.69 Å². The highest BCUT2D eigenvalue weighted by Gasteiger charge is 1.98. The van der Waals surface area contributed by atoms with E-state index in [9.17, 15) is 0 Å². The molecule has 1 N–H and O–H groups in total. The topological polar surface area (TPSA) is 72.0 Å². The van der Waals surface area contributed by atoms with E-state index in [1.165, 1.54) is 0 Å². The van der Waals surface area contributed by atoms with E-state index in [0.717, 1.165) is 20.9 Å². The standard InChI is InChI=1S/C13H7BrN4/c14-11-3-1-10-6-12(4-2-9(10)5-11)17-18-13(7-15)8-16/h1-6,17H. The lowest BCUT2D eigenvalue weighted by molar-refractivity contribution is 1.34.